The molecule has 0 aliphatic heterocycles. The van der Waals surface area contributed by atoms with Crippen LogP contribution in [0.25, 0.3) is 0 Å². The predicted octanol–water partition coefficient (Wildman–Crippen LogP) is 3.47. The number of halogens is 4. The van der Waals surface area contributed by atoms with Gasteiger partial charge in [0.15, 0.2) is 0 Å². The van der Waals surface area contributed by atoms with E-state index in [-0.39, 0.29) is 16.6 Å². The third-order valence-corrected chi connectivity index (χ3v) is 0.565. The van der Waals surface area contributed by atoms with Crippen LogP contribution in [0.15, 0.2) is 0 Å². The van der Waals surface area contributed by atoms with Crippen LogP contribution in [0.5, 0.6) is 0 Å². The SMILES string of the molecule is CC(=O)CCl.[I][V]([I])[I]. The van der Waals surface area contributed by atoms with Gasteiger partial charge in [0.05, 0.1) is 5.88 Å². The van der Waals surface area contributed by atoms with Gasteiger partial charge < -0.3 is 0 Å². The first kappa shape index (κ1) is 14.3. The van der Waals surface area contributed by atoms with Crippen molar-refractivity contribution in [2.45, 2.75) is 6.92 Å². The predicted molar refractivity (Wildman–Crippen MR) is 63.5 cm³/mol. The average Bonchev–Trinajstić information content (AvgIpc) is 1.65. The first-order chi connectivity index (χ1) is 4.00. The quantitative estimate of drug-likeness (QED) is 0.380. The van der Waals surface area contributed by atoms with Gasteiger partial charge in [0.2, 0.25) is 0 Å². The summed E-state index contributed by atoms with van der Waals surface area (Å²) in [6, 6.07) is 0. The van der Waals surface area contributed by atoms with E-state index in [2.05, 4.69) is 59.9 Å². The fourth-order valence-electron chi connectivity index (χ4n) is 0. The number of ketones is 1. The first-order valence-corrected chi connectivity index (χ1v) is 15.9. The summed E-state index contributed by atoms with van der Waals surface area (Å²) in [5, 5.41) is 0. The van der Waals surface area contributed by atoms with E-state index < -0.39 is 0 Å². The summed E-state index contributed by atoms with van der Waals surface area (Å²) in [6.45, 7) is 1.45. The van der Waals surface area contributed by atoms with E-state index in [0.717, 1.165) is 0 Å². The minimum atomic E-state index is -0.278. The van der Waals surface area contributed by atoms with Gasteiger partial charge in [0, 0.05) is 0 Å². The Hall–Kier alpha value is 2.73. The van der Waals surface area contributed by atoms with Gasteiger partial charge >= 0.3 is 64.9 Å². The van der Waals surface area contributed by atoms with E-state index in [1.807, 2.05) is 0 Å². The Morgan fingerprint density at radius 1 is 1.56 bits per heavy atom. The fourth-order valence-corrected chi connectivity index (χ4v) is 0. The third kappa shape index (κ3) is 36.5. The van der Waals surface area contributed by atoms with E-state index in [4.69, 9.17) is 11.6 Å². The van der Waals surface area contributed by atoms with Crippen LogP contribution >= 0.6 is 71.5 Å². The number of hydrogen-bond acceptors (Lipinski definition) is 1. The van der Waals surface area contributed by atoms with Gasteiger partial charge in [0.25, 0.3) is 0 Å². The van der Waals surface area contributed by atoms with Gasteiger partial charge in [-0.3, -0.25) is 4.79 Å². The molecule has 0 spiro atoms. The van der Waals surface area contributed by atoms with E-state index in [1.54, 1.807) is 0 Å². The zero-order chi connectivity index (χ0) is 7.86. The molecule has 0 atom stereocenters. The monoisotopic (exact) mass is 524 g/mol. The zero-order valence-electron chi connectivity index (χ0n) is 4.57. The fraction of sp³-hybridized carbons (Fsp3) is 0.667. The van der Waals surface area contributed by atoms with Crippen molar-refractivity contribution in [3.63, 3.8) is 0 Å². The second kappa shape index (κ2) is 10.7. The summed E-state index contributed by atoms with van der Waals surface area (Å²) < 4.78 is 0. The van der Waals surface area contributed by atoms with Crippen molar-refractivity contribution in [3.05, 3.63) is 0 Å². The average molecular weight is 524 g/mol. The molecule has 1 nitrogen and oxygen atoms in total. The molecule has 0 unspecified atom stereocenters. The molecule has 0 heterocycles. The molecule has 6 heteroatoms. The molecule has 0 saturated heterocycles. The number of Topliss-reactive ketones (excluding diaryl/α,β-unsaturated/α-hetero) is 1. The summed E-state index contributed by atoms with van der Waals surface area (Å²) in [6.07, 6.45) is 0. The maximum absolute atomic E-state index is 9.68. The van der Waals surface area contributed by atoms with Crippen molar-refractivity contribution in [2.24, 2.45) is 0 Å². The second-order valence-corrected chi connectivity index (χ2v) is 36.7. The number of hydrogen-bond donors (Lipinski definition) is 0. The molecule has 0 aromatic carbocycles. The van der Waals surface area contributed by atoms with Crippen LogP contribution in [0.1, 0.15) is 6.92 Å². The Kier molecular flexibility index (Phi) is 17.0. The Bertz CT molecular complexity index is 76.7. The second-order valence-electron chi connectivity index (χ2n) is 1.03. The van der Waals surface area contributed by atoms with Crippen LogP contribution < -0.4 is 0 Å². The Balaban J connectivity index is 0. The summed E-state index contributed by atoms with van der Waals surface area (Å²) >= 11 is 12.4. The van der Waals surface area contributed by atoms with E-state index in [9.17, 15) is 4.79 Å². The molecule has 0 aliphatic rings. The Morgan fingerprint density at radius 2 is 1.67 bits per heavy atom. The van der Waals surface area contributed by atoms with E-state index in [1.165, 1.54) is 6.92 Å². The molecular weight excluding hydrogens is 519 g/mol. The third-order valence-electron chi connectivity index (χ3n) is 0.188. The topological polar surface area (TPSA) is 17.1 Å². The molecule has 0 aromatic heterocycles. The molecular formula is C3H5ClI3OV. The van der Waals surface area contributed by atoms with Gasteiger partial charge in [-0.25, -0.2) is 0 Å². The van der Waals surface area contributed by atoms with Crippen LogP contribution in [-0.2, 0) is 9.72 Å². The van der Waals surface area contributed by atoms with Crippen molar-refractivity contribution < 1.29 is 9.72 Å². The van der Waals surface area contributed by atoms with E-state index in [0.29, 0.717) is 0 Å². The molecule has 0 aliphatic carbocycles. The molecule has 0 saturated carbocycles. The van der Waals surface area contributed by atoms with Gasteiger partial charge in [-0.2, -0.15) is 0 Å². The van der Waals surface area contributed by atoms with Crippen LogP contribution in [-0.4, -0.2) is 11.7 Å². The molecule has 9 heavy (non-hydrogen) atoms. The minimum absolute atomic E-state index is 0.0201. The van der Waals surface area contributed by atoms with Gasteiger partial charge in [0.1, 0.15) is 5.78 Å². The normalized spacial score (nSPS) is 8.22. The number of rotatable bonds is 1. The van der Waals surface area contributed by atoms with Crippen molar-refractivity contribution in [3.8, 4) is 0 Å². The molecule has 56 valence electrons. The summed E-state index contributed by atoms with van der Waals surface area (Å²) in [5.41, 5.74) is 0. The molecule has 0 radical (unpaired) electrons. The number of alkyl halides is 1. The molecule has 0 fully saturated rings. The molecule has 0 N–H and O–H groups in total. The van der Waals surface area contributed by atoms with Gasteiger partial charge in [-0.15, -0.1) is 11.6 Å². The van der Waals surface area contributed by atoms with E-state index >= 15 is 0 Å². The molecule has 0 amide bonds. The van der Waals surface area contributed by atoms with Crippen molar-refractivity contribution in [1.82, 2.24) is 0 Å². The number of carbonyl (C=O) groups excluding carboxylic acids is 1. The molecule has 0 aromatic rings. The summed E-state index contributed by atoms with van der Waals surface area (Å²) in [5.74, 6) is 0.159. The maximum atomic E-state index is 9.68. The Morgan fingerprint density at radius 3 is 1.67 bits per heavy atom. The summed E-state index contributed by atoms with van der Waals surface area (Å²) in [4.78, 5) is 9.40. The molecule has 0 rings (SSSR count). The van der Waals surface area contributed by atoms with Gasteiger partial charge in [-0.1, -0.05) is 0 Å². The number of carbonyl (C=O) groups is 1. The standard InChI is InChI=1S/C3H5ClO.3HI.V/c1-3(5)2-4;;;;/h2H2,1H3;3*1H;/q;;;;+3/p-3. The zero-order valence-corrected chi connectivity index (χ0v) is 13.2. The van der Waals surface area contributed by atoms with Crippen molar-refractivity contribution in [1.29, 1.82) is 0 Å². The van der Waals surface area contributed by atoms with Crippen LogP contribution in [0.4, 0.5) is 0 Å². The molecule has 0 bridgehead atoms. The first-order valence-electron chi connectivity index (χ1n) is 1.83. The van der Waals surface area contributed by atoms with Crippen molar-refractivity contribution in [2.75, 3.05) is 5.88 Å². The van der Waals surface area contributed by atoms with Crippen LogP contribution in [0, 0.1) is 0 Å². The summed E-state index contributed by atoms with van der Waals surface area (Å²) in [7, 11) is 0. The Labute approximate surface area is 97.7 Å². The van der Waals surface area contributed by atoms with Crippen molar-refractivity contribution >= 4 is 77.3 Å². The van der Waals surface area contributed by atoms with Crippen LogP contribution in [0.3, 0.4) is 0 Å². The van der Waals surface area contributed by atoms with Crippen LogP contribution in [0.2, 0.25) is 0 Å². The van der Waals surface area contributed by atoms with Gasteiger partial charge in [-0.05, 0) is 6.92 Å².